The van der Waals surface area contributed by atoms with Crippen LogP contribution in [0.2, 0.25) is 0 Å². The van der Waals surface area contributed by atoms with Crippen LogP contribution in [0.4, 0.5) is 5.82 Å². The van der Waals surface area contributed by atoms with Gasteiger partial charge in [-0.1, -0.05) is 12.1 Å². The lowest BCUT2D eigenvalue weighted by Crippen LogP contribution is -2.52. The molecule has 130 valence electrons. The molecular formula is C16H23N5O3. The van der Waals surface area contributed by atoms with E-state index in [4.69, 9.17) is 9.26 Å². The first-order valence-corrected chi connectivity index (χ1v) is 8.23. The van der Waals surface area contributed by atoms with Gasteiger partial charge in [0.25, 0.3) is 0 Å². The number of nitrogens with zero attached hydrogens (tertiary/aromatic N) is 4. The smallest absolute Gasteiger partial charge is 0.242 e. The van der Waals surface area contributed by atoms with Crippen molar-refractivity contribution >= 4 is 11.7 Å². The Morgan fingerprint density at radius 1 is 1.54 bits per heavy atom. The highest BCUT2D eigenvalue weighted by Crippen LogP contribution is 2.15. The molecule has 1 aliphatic heterocycles. The van der Waals surface area contributed by atoms with Crippen molar-refractivity contribution < 1.29 is 14.1 Å². The van der Waals surface area contributed by atoms with E-state index in [0.29, 0.717) is 31.3 Å². The van der Waals surface area contributed by atoms with E-state index in [9.17, 15) is 4.79 Å². The number of nitrogens with one attached hydrogen (secondary N) is 1. The molecule has 1 N–H and O–H groups in total. The van der Waals surface area contributed by atoms with Crippen molar-refractivity contribution in [2.75, 3.05) is 25.0 Å². The van der Waals surface area contributed by atoms with Gasteiger partial charge in [-0.05, 0) is 19.4 Å². The van der Waals surface area contributed by atoms with Gasteiger partial charge in [0.1, 0.15) is 5.76 Å². The number of anilines is 1. The van der Waals surface area contributed by atoms with E-state index in [-0.39, 0.29) is 18.1 Å². The minimum atomic E-state index is -0.217. The molecule has 2 aromatic heterocycles. The second-order valence-electron chi connectivity index (χ2n) is 5.95. The molecule has 1 aliphatic rings. The van der Waals surface area contributed by atoms with Crippen LogP contribution < -0.4 is 5.32 Å². The highest BCUT2D eigenvalue weighted by molar-refractivity contribution is 5.94. The maximum Gasteiger partial charge on any atom is 0.242 e. The Hall–Kier alpha value is -2.19. The second kappa shape index (κ2) is 7.59. The molecular weight excluding hydrogens is 310 g/mol. The summed E-state index contributed by atoms with van der Waals surface area (Å²) >= 11 is 0. The zero-order valence-electron chi connectivity index (χ0n) is 14.0. The molecule has 24 heavy (non-hydrogen) atoms. The highest BCUT2D eigenvalue weighted by Gasteiger charge is 2.30. The number of hydrogen-bond acceptors (Lipinski definition) is 6. The molecule has 0 spiro atoms. The van der Waals surface area contributed by atoms with Gasteiger partial charge in [0, 0.05) is 31.5 Å². The van der Waals surface area contributed by atoms with Crippen LogP contribution in [0.15, 0.2) is 29.0 Å². The molecule has 8 heteroatoms. The van der Waals surface area contributed by atoms with Gasteiger partial charge in [0.2, 0.25) is 5.91 Å². The van der Waals surface area contributed by atoms with E-state index < -0.39 is 0 Å². The third-order valence-corrected chi connectivity index (χ3v) is 4.13. The number of carbonyl (C=O) groups excluding carboxylic acids is 1. The number of aromatic nitrogens is 3. The number of hydrogen-bond donors (Lipinski definition) is 1. The Kier molecular flexibility index (Phi) is 5.27. The van der Waals surface area contributed by atoms with Crippen LogP contribution in [-0.2, 0) is 16.1 Å². The monoisotopic (exact) mass is 333 g/mol. The largest absolute Gasteiger partial charge is 0.374 e. The van der Waals surface area contributed by atoms with Crippen LogP contribution in [0.3, 0.4) is 0 Å². The lowest BCUT2D eigenvalue weighted by molar-refractivity contribution is -0.125. The first-order chi connectivity index (χ1) is 11.7. The molecule has 0 aromatic carbocycles. The Morgan fingerprint density at radius 2 is 2.42 bits per heavy atom. The Labute approximate surface area is 140 Å². The van der Waals surface area contributed by atoms with Crippen LogP contribution in [0.5, 0.6) is 0 Å². The van der Waals surface area contributed by atoms with Crippen molar-refractivity contribution in [3.8, 4) is 0 Å². The minimum absolute atomic E-state index is 0.0230. The Balaban J connectivity index is 1.60. The molecule has 3 heterocycles. The van der Waals surface area contributed by atoms with Crippen LogP contribution in [0.1, 0.15) is 19.1 Å². The summed E-state index contributed by atoms with van der Waals surface area (Å²) < 4.78 is 12.7. The SMILES string of the molecule is CC[C@H](C(=O)Nc1cc(C)on1)N1CCO[C@H](Cn2cccn2)C1. The average Bonchev–Trinajstić information content (AvgIpc) is 3.20. The van der Waals surface area contributed by atoms with Crippen molar-refractivity contribution in [2.45, 2.75) is 39.0 Å². The average molecular weight is 333 g/mol. The van der Waals surface area contributed by atoms with Gasteiger partial charge in [0.15, 0.2) is 5.82 Å². The van der Waals surface area contributed by atoms with Crippen LogP contribution in [-0.4, -0.2) is 57.6 Å². The van der Waals surface area contributed by atoms with Gasteiger partial charge >= 0.3 is 0 Å². The first-order valence-electron chi connectivity index (χ1n) is 8.23. The first kappa shape index (κ1) is 16.7. The number of ether oxygens (including phenoxy) is 1. The van der Waals surface area contributed by atoms with E-state index in [2.05, 4.69) is 20.5 Å². The molecule has 0 saturated carbocycles. The molecule has 8 nitrogen and oxygen atoms in total. The fourth-order valence-electron chi connectivity index (χ4n) is 3.00. The predicted octanol–water partition coefficient (Wildman–Crippen LogP) is 1.30. The molecule has 0 unspecified atom stereocenters. The predicted molar refractivity (Wildman–Crippen MR) is 87.5 cm³/mol. The van der Waals surface area contributed by atoms with Gasteiger partial charge in [-0.3, -0.25) is 14.4 Å². The van der Waals surface area contributed by atoms with Gasteiger partial charge < -0.3 is 14.6 Å². The van der Waals surface area contributed by atoms with Crippen LogP contribution in [0.25, 0.3) is 0 Å². The summed E-state index contributed by atoms with van der Waals surface area (Å²) in [6, 6.07) is 3.39. The summed E-state index contributed by atoms with van der Waals surface area (Å²) in [6.07, 6.45) is 4.41. The third-order valence-electron chi connectivity index (χ3n) is 4.13. The summed E-state index contributed by atoms with van der Waals surface area (Å²) in [7, 11) is 0. The number of rotatable bonds is 6. The lowest BCUT2D eigenvalue weighted by Gasteiger charge is -2.37. The van der Waals surface area contributed by atoms with Crippen molar-refractivity contribution in [1.29, 1.82) is 0 Å². The van der Waals surface area contributed by atoms with Gasteiger partial charge in [0.05, 0.1) is 25.3 Å². The van der Waals surface area contributed by atoms with Crippen molar-refractivity contribution in [1.82, 2.24) is 19.8 Å². The van der Waals surface area contributed by atoms with E-state index in [0.717, 1.165) is 13.0 Å². The summed E-state index contributed by atoms with van der Waals surface area (Å²) in [5.41, 5.74) is 0. The summed E-state index contributed by atoms with van der Waals surface area (Å²) in [5.74, 6) is 1.06. The van der Waals surface area contributed by atoms with Crippen molar-refractivity contribution in [3.05, 3.63) is 30.3 Å². The van der Waals surface area contributed by atoms with E-state index in [1.165, 1.54) is 0 Å². The van der Waals surface area contributed by atoms with Gasteiger partial charge in [-0.15, -0.1) is 0 Å². The molecule has 1 saturated heterocycles. The number of carbonyl (C=O) groups is 1. The van der Waals surface area contributed by atoms with E-state index >= 15 is 0 Å². The molecule has 1 fully saturated rings. The lowest BCUT2D eigenvalue weighted by atomic mass is 10.1. The van der Waals surface area contributed by atoms with Crippen LogP contribution in [0, 0.1) is 6.92 Å². The zero-order valence-corrected chi connectivity index (χ0v) is 14.0. The molecule has 2 atom stereocenters. The summed E-state index contributed by atoms with van der Waals surface area (Å²) in [6.45, 7) is 6.53. The van der Waals surface area contributed by atoms with Crippen molar-refractivity contribution in [3.63, 3.8) is 0 Å². The van der Waals surface area contributed by atoms with E-state index in [1.54, 1.807) is 19.2 Å². The summed E-state index contributed by atoms with van der Waals surface area (Å²) in [5, 5.41) is 10.9. The normalized spacial score (nSPS) is 20.0. The maximum atomic E-state index is 12.6. The molecule has 0 aliphatic carbocycles. The minimum Gasteiger partial charge on any atom is -0.374 e. The van der Waals surface area contributed by atoms with Gasteiger partial charge in [-0.2, -0.15) is 5.10 Å². The molecule has 3 rings (SSSR count). The Morgan fingerprint density at radius 3 is 3.08 bits per heavy atom. The summed E-state index contributed by atoms with van der Waals surface area (Å²) in [4.78, 5) is 14.7. The third kappa shape index (κ3) is 4.01. The van der Waals surface area contributed by atoms with Crippen LogP contribution >= 0.6 is 0 Å². The molecule has 1 amide bonds. The fourth-order valence-corrected chi connectivity index (χ4v) is 3.00. The standard InChI is InChI=1S/C16H23N5O3/c1-3-14(16(22)18-15-9-12(2)24-19-15)20-7-8-23-13(10-20)11-21-6-4-5-17-21/h4-6,9,13-14H,3,7-8,10-11H2,1-2H3,(H,18,19,22)/t13-,14+/m0/s1. The second-order valence-corrected chi connectivity index (χ2v) is 5.95. The zero-order chi connectivity index (χ0) is 16.9. The molecule has 0 radical (unpaired) electrons. The Bertz CT molecular complexity index is 654. The number of aryl methyl sites for hydroxylation is 1. The molecule has 2 aromatic rings. The van der Waals surface area contributed by atoms with E-state index in [1.807, 2.05) is 23.9 Å². The fraction of sp³-hybridized carbons (Fsp3) is 0.562. The number of amides is 1. The highest BCUT2D eigenvalue weighted by atomic mass is 16.5. The maximum absolute atomic E-state index is 12.6. The van der Waals surface area contributed by atoms with Crippen molar-refractivity contribution in [2.24, 2.45) is 0 Å². The number of morpholine rings is 1. The quantitative estimate of drug-likeness (QED) is 0.857. The molecule has 0 bridgehead atoms. The topological polar surface area (TPSA) is 85.4 Å². The van der Waals surface area contributed by atoms with Gasteiger partial charge in [-0.25, -0.2) is 0 Å².